The number of piperidine rings is 1. The van der Waals surface area contributed by atoms with E-state index in [-0.39, 0.29) is 26.0 Å². The number of halogens is 9. The normalized spacial score (nSPS) is 19.4. The Kier molecular flexibility index (Phi) is 8.55. The molecule has 12 heteroatoms. The van der Waals surface area contributed by atoms with E-state index in [1.807, 2.05) is 0 Å². The molecule has 0 saturated carbocycles. The zero-order valence-electron chi connectivity index (χ0n) is 20.3. The summed E-state index contributed by atoms with van der Waals surface area (Å²) in [6.45, 7) is 3.05. The van der Waals surface area contributed by atoms with Gasteiger partial charge >= 0.3 is 24.5 Å². The van der Waals surface area contributed by atoms with Gasteiger partial charge in [0.1, 0.15) is 0 Å². The van der Waals surface area contributed by atoms with Crippen molar-refractivity contribution in [2.75, 3.05) is 13.2 Å². The molecule has 3 nitrogen and oxygen atoms in total. The number of benzene rings is 2. The topological polar surface area (TPSA) is 29.5 Å². The van der Waals surface area contributed by atoms with E-state index in [9.17, 15) is 44.3 Å². The van der Waals surface area contributed by atoms with Crippen molar-refractivity contribution >= 4 is 5.97 Å². The molecule has 1 aliphatic rings. The minimum Gasteiger partial charge on any atom is -0.463 e. The van der Waals surface area contributed by atoms with E-state index < -0.39 is 58.8 Å². The van der Waals surface area contributed by atoms with Gasteiger partial charge in [0.05, 0.1) is 23.3 Å². The van der Waals surface area contributed by atoms with E-state index in [0.29, 0.717) is 29.3 Å². The molecule has 0 aromatic heterocycles. The summed E-state index contributed by atoms with van der Waals surface area (Å²) < 4.78 is 126. The van der Waals surface area contributed by atoms with E-state index in [2.05, 4.69) is 0 Å². The molecule has 2 aromatic rings. The van der Waals surface area contributed by atoms with E-state index in [1.165, 1.54) is 30.0 Å². The van der Waals surface area contributed by atoms with Crippen molar-refractivity contribution in [1.82, 2.24) is 4.90 Å². The number of carbonyl (C=O) groups excluding carboxylic acids is 1. The van der Waals surface area contributed by atoms with Gasteiger partial charge in [-0.3, -0.25) is 4.90 Å². The molecule has 1 heterocycles. The molecule has 0 spiro atoms. The molecule has 0 bridgehead atoms. The van der Waals surface area contributed by atoms with Gasteiger partial charge in [-0.15, -0.1) is 0 Å². The third kappa shape index (κ3) is 6.89. The maximum absolute atomic E-state index is 13.8. The van der Waals surface area contributed by atoms with Gasteiger partial charge in [-0.05, 0) is 68.1 Å². The van der Waals surface area contributed by atoms with Crippen LogP contribution in [0.15, 0.2) is 54.1 Å². The Balaban J connectivity index is 2.08. The van der Waals surface area contributed by atoms with E-state index >= 15 is 0 Å². The lowest BCUT2D eigenvalue weighted by Crippen LogP contribution is -2.37. The van der Waals surface area contributed by atoms with Crippen LogP contribution in [0.25, 0.3) is 0 Å². The van der Waals surface area contributed by atoms with Crippen LogP contribution in [0, 0.1) is 0 Å². The molecule has 0 unspecified atom stereocenters. The van der Waals surface area contributed by atoms with E-state index in [0.717, 1.165) is 12.1 Å². The average molecular weight is 553 g/mol. The largest absolute Gasteiger partial charge is 0.463 e. The molecule has 3 rings (SSSR count). The van der Waals surface area contributed by atoms with Crippen molar-refractivity contribution < 1.29 is 49.0 Å². The van der Waals surface area contributed by atoms with E-state index in [1.54, 1.807) is 6.92 Å². The fraction of sp³-hybridized carbons (Fsp3) is 0.423. The molecule has 0 amide bonds. The van der Waals surface area contributed by atoms with Crippen LogP contribution in [0.3, 0.4) is 0 Å². The molecule has 2 atom stereocenters. The molecule has 0 N–H and O–H groups in total. The predicted octanol–water partition coefficient (Wildman–Crippen LogP) is 8.13. The summed E-state index contributed by atoms with van der Waals surface area (Å²) in [4.78, 5) is 13.5. The van der Waals surface area contributed by atoms with Crippen LogP contribution in [-0.2, 0) is 28.1 Å². The maximum atomic E-state index is 13.8. The van der Waals surface area contributed by atoms with Gasteiger partial charge in [0, 0.05) is 24.7 Å². The lowest BCUT2D eigenvalue weighted by molar-refractivity contribution is -0.142. The summed E-state index contributed by atoms with van der Waals surface area (Å²) in [7, 11) is 0. The van der Waals surface area contributed by atoms with Crippen LogP contribution in [0.4, 0.5) is 39.5 Å². The summed E-state index contributed by atoms with van der Waals surface area (Å²) in [5.74, 6) is -0.646. The Morgan fingerprint density at radius 1 is 0.947 bits per heavy atom. The third-order valence-electron chi connectivity index (χ3n) is 6.41. The van der Waals surface area contributed by atoms with Crippen LogP contribution < -0.4 is 0 Å². The molecule has 1 fully saturated rings. The quantitative estimate of drug-likeness (QED) is 0.213. The van der Waals surface area contributed by atoms with Gasteiger partial charge in [-0.1, -0.05) is 17.7 Å². The second kappa shape index (κ2) is 11.0. The Bertz CT molecular complexity index is 1170. The molecule has 1 aliphatic heterocycles. The van der Waals surface area contributed by atoms with Gasteiger partial charge in [0.15, 0.2) is 0 Å². The Morgan fingerprint density at radius 2 is 1.53 bits per heavy atom. The molecule has 208 valence electrons. The Hall–Kier alpha value is -3.02. The predicted molar refractivity (Wildman–Crippen MR) is 120 cm³/mol. The first-order valence-corrected chi connectivity index (χ1v) is 11.6. The average Bonchev–Trinajstić information content (AvgIpc) is 2.82. The van der Waals surface area contributed by atoms with Crippen LogP contribution in [-0.4, -0.2) is 24.0 Å². The summed E-state index contributed by atoms with van der Waals surface area (Å²) in [5.41, 5.74) is -3.18. The smallest absolute Gasteiger partial charge is 0.416 e. The Labute approximate surface area is 212 Å². The highest BCUT2D eigenvalue weighted by molar-refractivity contribution is 5.82. The second-order valence-corrected chi connectivity index (χ2v) is 8.86. The van der Waals surface area contributed by atoms with Gasteiger partial charge in [0.2, 0.25) is 0 Å². The highest BCUT2D eigenvalue weighted by Gasteiger charge is 2.41. The summed E-state index contributed by atoms with van der Waals surface area (Å²) in [6.07, 6.45) is -13.0. The summed E-state index contributed by atoms with van der Waals surface area (Å²) in [6, 6.07) is 3.19. The zero-order chi connectivity index (χ0) is 28.5. The number of hydrogen-bond acceptors (Lipinski definition) is 3. The lowest BCUT2D eigenvalue weighted by Gasteiger charge is -2.42. The number of nitrogens with zero attached hydrogens (tertiary/aromatic N) is 1. The first-order chi connectivity index (χ1) is 17.5. The molecule has 0 aliphatic carbocycles. The van der Waals surface area contributed by atoms with Gasteiger partial charge in [0.25, 0.3) is 0 Å². The SMILES string of the molecule is CCOC(=O)C=C1CCN([C@H](C)c2cc(C(F)(F)F)ccc2C(F)(F)F)[C@H](c2ccc(C(F)(F)F)cc2)C1. The standard InChI is InChI=1S/C26H24F9NO2/c1-3-38-23(37)13-16-10-11-36(22(12-16)17-4-6-18(7-5-17)24(27,28)29)15(2)20-14-19(25(30,31)32)8-9-21(20)26(33,34)35/h4-9,13-15,22H,3,10-12H2,1-2H3/t15-,22+/m1/s1. The van der Waals surface area contributed by atoms with Crippen LogP contribution in [0.5, 0.6) is 0 Å². The highest BCUT2D eigenvalue weighted by Crippen LogP contribution is 2.45. The molecule has 2 aromatic carbocycles. The van der Waals surface area contributed by atoms with Crippen molar-refractivity contribution in [3.8, 4) is 0 Å². The van der Waals surface area contributed by atoms with E-state index in [4.69, 9.17) is 4.74 Å². The van der Waals surface area contributed by atoms with Crippen molar-refractivity contribution in [3.05, 3.63) is 81.9 Å². The lowest BCUT2D eigenvalue weighted by atomic mass is 9.87. The number of ether oxygens (including phenoxy) is 1. The molecule has 0 radical (unpaired) electrons. The van der Waals surface area contributed by atoms with Gasteiger partial charge in [-0.25, -0.2) is 4.79 Å². The number of carbonyl (C=O) groups is 1. The number of rotatable bonds is 5. The van der Waals surface area contributed by atoms with Gasteiger partial charge in [-0.2, -0.15) is 39.5 Å². The highest BCUT2D eigenvalue weighted by atomic mass is 19.4. The van der Waals surface area contributed by atoms with Crippen molar-refractivity contribution in [3.63, 3.8) is 0 Å². The zero-order valence-corrected chi connectivity index (χ0v) is 20.3. The molecular weight excluding hydrogens is 529 g/mol. The maximum Gasteiger partial charge on any atom is 0.416 e. The number of alkyl halides is 9. The summed E-state index contributed by atoms with van der Waals surface area (Å²) >= 11 is 0. The number of esters is 1. The summed E-state index contributed by atoms with van der Waals surface area (Å²) in [5, 5.41) is 0. The van der Waals surface area contributed by atoms with Crippen molar-refractivity contribution in [2.45, 2.75) is 57.3 Å². The van der Waals surface area contributed by atoms with Gasteiger partial charge < -0.3 is 4.74 Å². The fourth-order valence-electron chi connectivity index (χ4n) is 4.57. The van der Waals surface area contributed by atoms with Crippen LogP contribution in [0.1, 0.15) is 66.6 Å². The number of hydrogen-bond donors (Lipinski definition) is 0. The Morgan fingerprint density at radius 3 is 2.05 bits per heavy atom. The van der Waals surface area contributed by atoms with Crippen molar-refractivity contribution in [1.29, 1.82) is 0 Å². The minimum absolute atomic E-state index is 0.0334. The second-order valence-electron chi connectivity index (χ2n) is 8.86. The number of likely N-dealkylation sites (tertiary alicyclic amines) is 1. The minimum atomic E-state index is -4.94. The monoisotopic (exact) mass is 553 g/mol. The molecule has 38 heavy (non-hydrogen) atoms. The molecule has 1 saturated heterocycles. The fourth-order valence-corrected chi connectivity index (χ4v) is 4.57. The van der Waals surface area contributed by atoms with Crippen LogP contribution in [0.2, 0.25) is 0 Å². The third-order valence-corrected chi connectivity index (χ3v) is 6.41. The van der Waals surface area contributed by atoms with Crippen LogP contribution >= 0.6 is 0 Å². The van der Waals surface area contributed by atoms with Crippen molar-refractivity contribution in [2.24, 2.45) is 0 Å². The first-order valence-electron chi connectivity index (χ1n) is 11.6. The molecular formula is C26H24F9NO2. The first kappa shape index (κ1) is 29.5.